The summed E-state index contributed by atoms with van der Waals surface area (Å²) in [5, 5.41) is 0. The molecule has 1 heterocycles. The first-order chi connectivity index (χ1) is 6.56. The first-order valence-corrected chi connectivity index (χ1v) is 5.80. The van der Waals surface area contributed by atoms with Crippen LogP contribution >= 0.6 is 27.5 Å². The lowest BCUT2D eigenvalue weighted by molar-refractivity contribution is 0.746. The molecule has 14 heavy (non-hydrogen) atoms. The maximum atomic E-state index is 5.80. The molecule has 0 aliphatic rings. The van der Waals surface area contributed by atoms with Crippen molar-refractivity contribution in [3.63, 3.8) is 0 Å². The number of nitrogens with zero attached hydrogens (tertiary/aromatic N) is 2. The van der Waals surface area contributed by atoms with Crippen LogP contribution in [0.3, 0.4) is 0 Å². The first-order valence-electron chi connectivity index (χ1n) is 4.47. The number of alkyl halides is 1. The summed E-state index contributed by atoms with van der Waals surface area (Å²) in [5.41, 5.74) is 1.15. The second-order valence-corrected chi connectivity index (χ2v) is 4.63. The van der Waals surface area contributed by atoms with Crippen LogP contribution in [-0.4, -0.2) is 24.0 Å². The number of hydrogen-bond donors (Lipinski definition) is 0. The molecule has 0 aromatic carbocycles. The predicted octanol–water partition coefficient (Wildman–Crippen LogP) is 3.22. The third-order valence-electron chi connectivity index (χ3n) is 2.24. The molecule has 0 aliphatic carbocycles. The van der Waals surface area contributed by atoms with E-state index >= 15 is 0 Å². The van der Waals surface area contributed by atoms with Crippen LogP contribution in [0.25, 0.3) is 0 Å². The molecule has 0 saturated carbocycles. The minimum absolute atomic E-state index is 0.295. The summed E-state index contributed by atoms with van der Waals surface area (Å²) in [6, 6.07) is 2.35. The van der Waals surface area contributed by atoms with E-state index in [-0.39, 0.29) is 0 Å². The molecular weight excluding hydrogens is 263 g/mol. The summed E-state index contributed by atoms with van der Waals surface area (Å²) in [7, 11) is 2.01. The highest BCUT2D eigenvalue weighted by atomic mass is 79.9. The van der Waals surface area contributed by atoms with Crippen molar-refractivity contribution >= 4 is 33.3 Å². The molecule has 1 atom stereocenters. The predicted molar refractivity (Wildman–Crippen MR) is 65.3 cm³/mol. The topological polar surface area (TPSA) is 16.1 Å². The fourth-order valence-corrected chi connectivity index (χ4v) is 1.87. The van der Waals surface area contributed by atoms with Crippen LogP contribution in [0.15, 0.2) is 16.7 Å². The average Bonchev–Trinajstić information content (AvgIpc) is 2.15. The van der Waals surface area contributed by atoms with Gasteiger partial charge in [0, 0.05) is 29.6 Å². The zero-order valence-corrected chi connectivity index (χ0v) is 10.9. The maximum absolute atomic E-state index is 5.80. The number of aryl methyl sites for hydroxylation is 1. The van der Waals surface area contributed by atoms with Crippen molar-refractivity contribution in [3.8, 4) is 0 Å². The Labute approximate surface area is 98.4 Å². The van der Waals surface area contributed by atoms with Gasteiger partial charge in [-0.2, -0.15) is 0 Å². The highest BCUT2D eigenvalue weighted by Gasteiger charge is 2.12. The van der Waals surface area contributed by atoms with Gasteiger partial charge in [-0.3, -0.25) is 0 Å². The van der Waals surface area contributed by atoms with Gasteiger partial charge in [-0.15, -0.1) is 11.6 Å². The fraction of sp³-hybridized carbons (Fsp3) is 0.500. The lowest BCUT2D eigenvalue weighted by Gasteiger charge is -2.25. The van der Waals surface area contributed by atoms with Gasteiger partial charge >= 0.3 is 0 Å². The van der Waals surface area contributed by atoms with E-state index in [1.807, 2.05) is 14.0 Å². The molecule has 1 rings (SSSR count). The molecule has 0 bridgehead atoms. The molecule has 0 fully saturated rings. The molecule has 0 N–H and O–H groups in total. The number of pyridine rings is 1. The highest BCUT2D eigenvalue weighted by molar-refractivity contribution is 9.10. The van der Waals surface area contributed by atoms with Gasteiger partial charge in [0.15, 0.2) is 0 Å². The molecule has 78 valence electrons. The third kappa shape index (κ3) is 2.61. The van der Waals surface area contributed by atoms with Crippen molar-refractivity contribution < 1.29 is 0 Å². The molecular formula is C10H14BrClN2. The van der Waals surface area contributed by atoms with Gasteiger partial charge < -0.3 is 4.90 Å². The summed E-state index contributed by atoms with van der Waals surface area (Å²) in [6.45, 7) is 4.13. The van der Waals surface area contributed by atoms with E-state index in [9.17, 15) is 0 Å². The summed E-state index contributed by atoms with van der Waals surface area (Å²) < 4.78 is 1.01. The zero-order valence-electron chi connectivity index (χ0n) is 8.59. The Morgan fingerprint density at radius 2 is 2.29 bits per heavy atom. The molecule has 0 saturated heterocycles. The fourth-order valence-electron chi connectivity index (χ4n) is 1.21. The van der Waals surface area contributed by atoms with E-state index in [1.165, 1.54) is 0 Å². The van der Waals surface area contributed by atoms with Gasteiger partial charge in [0.05, 0.1) is 0 Å². The van der Waals surface area contributed by atoms with Crippen LogP contribution in [0.5, 0.6) is 0 Å². The summed E-state index contributed by atoms with van der Waals surface area (Å²) in [5.74, 6) is 1.59. The smallest absolute Gasteiger partial charge is 0.131 e. The van der Waals surface area contributed by atoms with Crippen molar-refractivity contribution in [2.75, 3.05) is 17.8 Å². The molecule has 1 unspecified atom stereocenters. The van der Waals surface area contributed by atoms with Crippen molar-refractivity contribution in [2.45, 2.75) is 19.9 Å². The van der Waals surface area contributed by atoms with Crippen molar-refractivity contribution in [3.05, 3.63) is 22.3 Å². The molecule has 4 heteroatoms. The highest BCUT2D eigenvalue weighted by Crippen LogP contribution is 2.21. The first kappa shape index (κ1) is 11.8. The molecule has 0 spiro atoms. The van der Waals surface area contributed by atoms with E-state index in [4.69, 9.17) is 11.6 Å². The molecule has 0 aliphatic heterocycles. The minimum Gasteiger partial charge on any atom is -0.356 e. The monoisotopic (exact) mass is 276 g/mol. The van der Waals surface area contributed by atoms with Crippen molar-refractivity contribution in [1.82, 2.24) is 4.98 Å². The number of aromatic nitrogens is 1. The molecule has 2 nitrogen and oxygen atoms in total. The Morgan fingerprint density at radius 1 is 1.64 bits per heavy atom. The number of halogens is 2. The van der Waals surface area contributed by atoms with E-state index in [0.717, 1.165) is 15.9 Å². The minimum atomic E-state index is 0.295. The standard InChI is InChI=1S/C10H14BrClN2/c1-7-4-9(11)6-13-10(7)14(3)8(2)5-12/h4,6,8H,5H2,1-3H3. The van der Waals surface area contributed by atoms with Crippen LogP contribution < -0.4 is 4.90 Å². The second kappa shape index (κ2) is 4.99. The molecule has 0 amide bonds. The lowest BCUT2D eigenvalue weighted by Crippen LogP contribution is -2.31. The molecule has 1 aromatic rings. The summed E-state index contributed by atoms with van der Waals surface area (Å²) in [4.78, 5) is 6.46. The van der Waals surface area contributed by atoms with Gasteiger partial charge in [0.2, 0.25) is 0 Å². The van der Waals surface area contributed by atoms with Crippen LogP contribution in [0.4, 0.5) is 5.82 Å². The number of anilines is 1. The van der Waals surface area contributed by atoms with Crippen LogP contribution in [-0.2, 0) is 0 Å². The Hall–Kier alpha value is -0.280. The van der Waals surface area contributed by atoms with Gasteiger partial charge in [0.1, 0.15) is 5.82 Å². The van der Waals surface area contributed by atoms with Crippen molar-refractivity contribution in [2.24, 2.45) is 0 Å². The van der Waals surface area contributed by atoms with Crippen LogP contribution in [0.1, 0.15) is 12.5 Å². The lowest BCUT2D eigenvalue weighted by atomic mass is 10.2. The van der Waals surface area contributed by atoms with Crippen LogP contribution in [0.2, 0.25) is 0 Å². The Bertz CT molecular complexity index is 317. The van der Waals surface area contributed by atoms with Crippen molar-refractivity contribution in [1.29, 1.82) is 0 Å². The number of rotatable bonds is 3. The zero-order chi connectivity index (χ0) is 10.7. The summed E-state index contributed by atoms with van der Waals surface area (Å²) >= 11 is 9.19. The maximum Gasteiger partial charge on any atom is 0.131 e. The normalized spacial score (nSPS) is 12.6. The second-order valence-electron chi connectivity index (χ2n) is 3.41. The SMILES string of the molecule is Cc1cc(Br)cnc1N(C)C(C)CCl. The third-order valence-corrected chi connectivity index (χ3v) is 3.12. The van der Waals surface area contributed by atoms with E-state index in [0.29, 0.717) is 11.9 Å². The molecule has 1 aromatic heterocycles. The van der Waals surface area contributed by atoms with Gasteiger partial charge in [-0.05, 0) is 41.4 Å². The Kier molecular flexibility index (Phi) is 4.20. The van der Waals surface area contributed by atoms with Crippen LogP contribution in [0, 0.1) is 6.92 Å². The average molecular weight is 278 g/mol. The van der Waals surface area contributed by atoms with Gasteiger partial charge in [0.25, 0.3) is 0 Å². The summed E-state index contributed by atoms with van der Waals surface area (Å²) in [6.07, 6.45) is 1.81. The molecule has 0 radical (unpaired) electrons. The number of hydrogen-bond acceptors (Lipinski definition) is 2. The van der Waals surface area contributed by atoms with E-state index < -0.39 is 0 Å². The van der Waals surface area contributed by atoms with E-state index in [2.05, 4.69) is 38.8 Å². The van der Waals surface area contributed by atoms with Gasteiger partial charge in [-0.1, -0.05) is 0 Å². The Balaban J connectivity index is 2.95. The largest absolute Gasteiger partial charge is 0.356 e. The quantitative estimate of drug-likeness (QED) is 0.789. The Morgan fingerprint density at radius 3 is 2.79 bits per heavy atom. The van der Waals surface area contributed by atoms with E-state index in [1.54, 1.807) is 6.20 Å². The van der Waals surface area contributed by atoms with Gasteiger partial charge in [-0.25, -0.2) is 4.98 Å².